The van der Waals surface area contributed by atoms with E-state index >= 15 is 0 Å². The zero-order chi connectivity index (χ0) is 28.0. The number of carboxylic acid groups (broad SMARTS) is 2. The number of aliphatic carboxylic acids is 2. The predicted molar refractivity (Wildman–Crippen MR) is 134 cm³/mol. The molecule has 0 aliphatic carbocycles. The van der Waals surface area contributed by atoms with E-state index in [0.29, 0.717) is 0 Å². The molecule has 0 aliphatic heterocycles. The summed E-state index contributed by atoms with van der Waals surface area (Å²) < 4.78 is 0. The number of carboxylic acids is 2. The predicted octanol–water partition coefficient (Wildman–Crippen LogP) is -1.97. The van der Waals surface area contributed by atoms with Gasteiger partial charge in [0.1, 0.15) is 18.1 Å². The van der Waals surface area contributed by atoms with Crippen LogP contribution in [-0.4, -0.2) is 76.5 Å². The van der Waals surface area contributed by atoms with Crippen LogP contribution >= 0.6 is 0 Å². The van der Waals surface area contributed by atoms with Crippen LogP contribution in [0.25, 0.3) is 0 Å². The molecule has 14 nitrogen and oxygen atoms in total. The van der Waals surface area contributed by atoms with Gasteiger partial charge in [-0.1, -0.05) is 30.3 Å². The van der Waals surface area contributed by atoms with Crippen molar-refractivity contribution in [3.05, 3.63) is 35.9 Å². The first kappa shape index (κ1) is 30.8. The van der Waals surface area contributed by atoms with Crippen LogP contribution < -0.4 is 33.2 Å². The van der Waals surface area contributed by atoms with E-state index in [1.165, 1.54) is 6.92 Å². The van der Waals surface area contributed by atoms with Crippen LogP contribution in [0, 0.1) is 0 Å². The summed E-state index contributed by atoms with van der Waals surface area (Å²) >= 11 is 0. The van der Waals surface area contributed by atoms with Crippen molar-refractivity contribution in [2.24, 2.45) is 22.2 Å². The van der Waals surface area contributed by atoms with Crippen molar-refractivity contribution in [2.75, 3.05) is 6.54 Å². The molecule has 0 unspecified atom stereocenters. The number of carbonyl (C=O) groups excluding carboxylic acids is 3. The lowest BCUT2D eigenvalue weighted by Gasteiger charge is -2.25. The fourth-order valence-corrected chi connectivity index (χ4v) is 3.20. The van der Waals surface area contributed by atoms with Crippen LogP contribution in [0.2, 0.25) is 0 Å². The Morgan fingerprint density at radius 1 is 0.865 bits per heavy atom. The number of nitrogens with two attached hydrogens (primary N) is 3. The number of rotatable bonds is 16. The normalized spacial score (nSPS) is 13.8. The smallest absolute Gasteiger partial charge is 0.326 e. The largest absolute Gasteiger partial charge is 0.481 e. The summed E-state index contributed by atoms with van der Waals surface area (Å²) in [5.41, 5.74) is 17.0. The summed E-state index contributed by atoms with van der Waals surface area (Å²) in [4.78, 5) is 64.6. The van der Waals surface area contributed by atoms with Crippen LogP contribution in [0.15, 0.2) is 35.3 Å². The highest BCUT2D eigenvalue weighted by atomic mass is 16.4. The van der Waals surface area contributed by atoms with E-state index in [0.717, 1.165) is 5.56 Å². The molecule has 11 N–H and O–H groups in total. The van der Waals surface area contributed by atoms with Crippen molar-refractivity contribution in [3.63, 3.8) is 0 Å². The number of nitrogens with one attached hydrogen (secondary N) is 3. The maximum absolute atomic E-state index is 13.2. The lowest BCUT2D eigenvalue weighted by molar-refractivity contribution is -0.143. The van der Waals surface area contributed by atoms with E-state index in [4.69, 9.17) is 22.3 Å². The second-order valence-corrected chi connectivity index (χ2v) is 8.38. The number of carbonyl (C=O) groups is 5. The Kier molecular flexibility index (Phi) is 13.1. The standard InChI is InChI=1S/C23H35N7O7/c1-13(24)19(33)30-17(12-14-6-3-2-4-7-14)21(35)28-15(8-5-11-27-23(25)26)20(34)29-16(22(36)37)9-10-18(31)32/h2-4,6-7,13,15-17H,5,8-12,24H2,1H3,(H,28,35)(H,29,34)(H,30,33)(H,31,32)(H,36,37)(H4,25,26,27)/t13-,15-,16-,17-/m0/s1. The van der Waals surface area contributed by atoms with E-state index in [1.54, 1.807) is 30.3 Å². The van der Waals surface area contributed by atoms with E-state index < -0.39 is 60.2 Å². The van der Waals surface area contributed by atoms with Crippen LogP contribution in [0.3, 0.4) is 0 Å². The average Bonchev–Trinajstić information content (AvgIpc) is 2.82. The maximum Gasteiger partial charge on any atom is 0.326 e. The lowest BCUT2D eigenvalue weighted by atomic mass is 10.0. The van der Waals surface area contributed by atoms with Crippen molar-refractivity contribution >= 4 is 35.6 Å². The van der Waals surface area contributed by atoms with Crippen molar-refractivity contribution in [1.29, 1.82) is 0 Å². The summed E-state index contributed by atoms with van der Waals surface area (Å²) in [6, 6.07) is 4.15. The van der Waals surface area contributed by atoms with Crippen molar-refractivity contribution in [3.8, 4) is 0 Å². The zero-order valence-corrected chi connectivity index (χ0v) is 20.6. The van der Waals surface area contributed by atoms with Gasteiger partial charge in [0.25, 0.3) is 0 Å². The Bertz CT molecular complexity index is 965. The topological polar surface area (TPSA) is 252 Å². The number of guanidine groups is 1. The minimum atomic E-state index is -1.49. The van der Waals surface area contributed by atoms with Gasteiger partial charge in [0.05, 0.1) is 6.04 Å². The van der Waals surface area contributed by atoms with E-state index in [2.05, 4.69) is 20.9 Å². The summed E-state index contributed by atoms with van der Waals surface area (Å²) in [7, 11) is 0. The number of benzene rings is 1. The first-order valence-electron chi connectivity index (χ1n) is 11.6. The first-order valence-corrected chi connectivity index (χ1v) is 11.6. The van der Waals surface area contributed by atoms with Gasteiger partial charge in [-0.3, -0.25) is 24.2 Å². The number of amides is 3. The monoisotopic (exact) mass is 521 g/mol. The Labute approximate surface area is 214 Å². The second-order valence-electron chi connectivity index (χ2n) is 8.38. The van der Waals surface area contributed by atoms with Gasteiger partial charge in [-0.15, -0.1) is 0 Å². The number of hydrogen-bond donors (Lipinski definition) is 8. The van der Waals surface area contributed by atoms with Crippen LogP contribution in [0.4, 0.5) is 0 Å². The van der Waals surface area contributed by atoms with E-state index in [1.807, 2.05) is 0 Å². The number of nitrogens with zero attached hydrogens (tertiary/aromatic N) is 1. The summed E-state index contributed by atoms with van der Waals surface area (Å²) in [5, 5.41) is 25.6. The molecule has 0 bridgehead atoms. The molecule has 0 saturated heterocycles. The van der Waals surface area contributed by atoms with E-state index in [-0.39, 0.29) is 38.2 Å². The third kappa shape index (κ3) is 12.4. The molecular formula is C23H35N7O7. The van der Waals surface area contributed by atoms with Gasteiger partial charge in [0.2, 0.25) is 17.7 Å². The summed E-state index contributed by atoms with van der Waals surface area (Å²) in [6.45, 7) is 1.59. The van der Waals surface area contributed by atoms with Gasteiger partial charge in [-0.25, -0.2) is 4.79 Å². The van der Waals surface area contributed by atoms with Crippen molar-refractivity contribution in [1.82, 2.24) is 16.0 Å². The zero-order valence-electron chi connectivity index (χ0n) is 20.6. The Balaban J connectivity index is 3.09. The molecule has 37 heavy (non-hydrogen) atoms. The molecule has 1 rings (SSSR count). The fourth-order valence-electron chi connectivity index (χ4n) is 3.20. The fraction of sp³-hybridized carbons (Fsp3) is 0.478. The molecule has 0 radical (unpaired) electrons. The molecule has 0 aliphatic rings. The SMILES string of the molecule is C[C@H](N)C(=O)N[C@@H](Cc1ccccc1)C(=O)N[C@@H](CCCN=C(N)N)C(=O)N[C@@H](CCC(=O)O)C(=O)O. The molecule has 3 amide bonds. The molecule has 4 atom stereocenters. The second kappa shape index (κ2) is 15.7. The van der Waals surface area contributed by atoms with Gasteiger partial charge in [-0.05, 0) is 31.7 Å². The number of hydrogen-bond acceptors (Lipinski definition) is 7. The molecule has 0 saturated carbocycles. The minimum Gasteiger partial charge on any atom is -0.481 e. The highest BCUT2D eigenvalue weighted by Crippen LogP contribution is 2.07. The molecule has 1 aromatic rings. The quantitative estimate of drug-likeness (QED) is 0.0676. The third-order valence-electron chi connectivity index (χ3n) is 5.17. The van der Waals surface area contributed by atoms with Gasteiger partial charge in [-0.2, -0.15) is 0 Å². The Hall–Kier alpha value is -4.20. The molecule has 0 aromatic heterocycles. The van der Waals surface area contributed by atoms with Gasteiger partial charge in [0.15, 0.2) is 5.96 Å². The van der Waals surface area contributed by atoms with Crippen LogP contribution in [-0.2, 0) is 30.4 Å². The van der Waals surface area contributed by atoms with Crippen LogP contribution in [0.5, 0.6) is 0 Å². The Morgan fingerprint density at radius 3 is 1.97 bits per heavy atom. The van der Waals surface area contributed by atoms with Crippen molar-refractivity contribution in [2.45, 2.75) is 63.2 Å². The first-order chi connectivity index (χ1) is 17.4. The number of aliphatic imine (C=N–C) groups is 1. The highest BCUT2D eigenvalue weighted by Gasteiger charge is 2.30. The molecule has 0 fully saturated rings. The van der Waals surface area contributed by atoms with Gasteiger partial charge < -0.3 is 43.4 Å². The molecular weight excluding hydrogens is 486 g/mol. The molecule has 0 spiro atoms. The van der Waals surface area contributed by atoms with E-state index in [9.17, 15) is 29.1 Å². The summed E-state index contributed by atoms with van der Waals surface area (Å²) in [6.07, 6.45) is -0.463. The Morgan fingerprint density at radius 2 is 1.43 bits per heavy atom. The molecule has 204 valence electrons. The van der Waals surface area contributed by atoms with Crippen molar-refractivity contribution < 1.29 is 34.2 Å². The van der Waals surface area contributed by atoms with Gasteiger partial charge >= 0.3 is 11.9 Å². The minimum absolute atomic E-state index is 0.0267. The lowest BCUT2D eigenvalue weighted by Crippen LogP contribution is -2.57. The van der Waals surface area contributed by atoms with Crippen LogP contribution in [0.1, 0.15) is 38.2 Å². The molecule has 0 heterocycles. The highest BCUT2D eigenvalue weighted by molar-refractivity contribution is 5.94. The molecule has 1 aromatic carbocycles. The summed E-state index contributed by atoms with van der Waals surface area (Å²) in [5.74, 6) is -4.93. The molecule has 14 heteroatoms. The van der Waals surface area contributed by atoms with Gasteiger partial charge in [0, 0.05) is 19.4 Å². The third-order valence-corrected chi connectivity index (χ3v) is 5.17. The maximum atomic E-state index is 13.2. The average molecular weight is 522 g/mol.